The number of carbonyl (C=O) groups excluding carboxylic acids is 1. The van der Waals surface area contributed by atoms with Crippen molar-refractivity contribution >= 4 is 11.6 Å². The van der Waals surface area contributed by atoms with Crippen LogP contribution in [0.15, 0.2) is 53.1 Å². The third-order valence-electron chi connectivity index (χ3n) is 4.98. The van der Waals surface area contributed by atoms with Gasteiger partial charge in [0.25, 0.3) is 11.8 Å². The summed E-state index contributed by atoms with van der Waals surface area (Å²) in [7, 11) is 0. The number of aromatic nitrogens is 2. The van der Waals surface area contributed by atoms with Gasteiger partial charge < -0.3 is 19.1 Å². The molecule has 1 amide bonds. The molecule has 0 aliphatic carbocycles. The molecular weight excluding hydrogens is 368 g/mol. The van der Waals surface area contributed by atoms with Gasteiger partial charge in [0.2, 0.25) is 0 Å². The van der Waals surface area contributed by atoms with Crippen LogP contribution in [0.1, 0.15) is 23.1 Å². The van der Waals surface area contributed by atoms with E-state index in [9.17, 15) is 4.79 Å². The zero-order chi connectivity index (χ0) is 20.2. The summed E-state index contributed by atoms with van der Waals surface area (Å²) in [6, 6.07) is 15.4. The molecule has 1 aromatic heterocycles. The van der Waals surface area contributed by atoms with E-state index in [1.165, 1.54) is 0 Å². The van der Waals surface area contributed by atoms with E-state index < -0.39 is 0 Å². The Bertz CT molecular complexity index is 976. The smallest absolute Gasteiger partial charge is 0.257 e. The standard InChI is InChI=1S/C22H24N4O3/c1-3-28-20-7-5-4-6-19(20)25-12-14-26(15-13-25)22(27)18-10-8-17(9-11-18)21-23-16(2)24-29-21/h4-11H,3,12-15H2,1-2H3. The Morgan fingerprint density at radius 3 is 2.45 bits per heavy atom. The van der Waals surface area contributed by atoms with Crippen LogP contribution in [0.4, 0.5) is 5.69 Å². The van der Waals surface area contributed by atoms with Crippen LogP contribution in [0.25, 0.3) is 11.5 Å². The fourth-order valence-corrected chi connectivity index (χ4v) is 3.50. The van der Waals surface area contributed by atoms with E-state index >= 15 is 0 Å². The highest BCUT2D eigenvalue weighted by atomic mass is 16.5. The largest absolute Gasteiger partial charge is 0.492 e. The maximum Gasteiger partial charge on any atom is 0.257 e. The molecule has 0 saturated carbocycles. The first kappa shape index (κ1) is 19.0. The normalized spacial score (nSPS) is 14.1. The van der Waals surface area contributed by atoms with Gasteiger partial charge in [-0.25, -0.2) is 0 Å². The molecular formula is C22H24N4O3. The zero-order valence-electron chi connectivity index (χ0n) is 16.7. The number of ether oxygens (including phenoxy) is 1. The molecule has 2 aromatic carbocycles. The number of para-hydroxylation sites is 2. The summed E-state index contributed by atoms with van der Waals surface area (Å²) in [6.07, 6.45) is 0. The number of hydrogen-bond donors (Lipinski definition) is 0. The van der Waals surface area contributed by atoms with Crippen molar-refractivity contribution in [1.29, 1.82) is 0 Å². The predicted molar refractivity (Wildman–Crippen MR) is 110 cm³/mol. The van der Waals surface area contributed by atoms with Crippen LogP contribution in [0.3, 0.4) is 0 Å². The van der Waals surface area contributed by atoms with E-state index in [4.69, 9.17) is 9.26 Å². The van der Waals surface area contributed by atoms with Crippen molar-refractivity contribution in [3.05, 3.63) is 59.9 Å². The second-order valence-corrected chi connectivity index (χ2v) is 6.90. The molecule has 0 bridgehead atoms. The summed E-state index contributed by atoms with van der Waals surface area (Å²) in [4.78, 5) is 21.3. The molecule has 1 fully saturated rings. The third-order valence-corrected chi connectivity index (χ3v) is 4.98. The first-order chi connectivity index (χ1) is 14.2. The lowest BCUT2D eigenvalue weighted by Gasteiger charge is -2.36. The summed E-state index contributed by atoms with van der Waals surface area (Å²) in [5.74, 6) is 1.98. The first-order valence-corrected chi connectivity index (χ1v) is 9.82. The van der Waals surface area contributed by atoms with Crippen molar-refractivity contribution in [2.75, 3.05) is 37.7 Å². The lowest BCUT2D eigenvalue weighted by Crippen LogP contribution is -2.48. The summed E-state index contributed by atoms with van der Waals surface area (Å²) in [5.41, 5.74) is 2.55. The number of benzene rings is 2. The molecule has 0 atom stereocenters. The molecule has 4 rings (SSSR count). The quantitative estimate of drug-likeness (QED) is 0.663. The number of rotatable bonds is 5. The van der Waals surface area contributed by atoms with Crippen molar-refractivity contribution in [1.82, 2.24) is 15.0 Å². The number of carbonyl (C=O) groups is 1. The zero-order valence-corrected chi connectivity index (χ0v) is 16.7. The maximum absolute atomic E-state index is 12.9. The van der Waals surface area contributed by atoms with Crippen molar-refractivity contribution in [3.8, 4) is 17.2 Å². The Kier molecular flexibility index (Phi) is 5.46. The molecule has 7 nitrogen and oxygen atoms in total. The van der Waals surface area contributed by atoms with Crippen LogP contribution < -0.4 is 9.64 Å². The Morgan fingerprint density at radius 1 is 1.07 bits per heavy atom. The second-order valence-electron chi connectivity index (χ2n) is 6.90. The summed E-state index contributed by atoms with van der Waals surface area (Å²) in [5, 5.41) is 3.80. The highest BCUT2D eigenvalue weighted by Gasteiger charge is 2.24. The van der Waals surface area contributed by atoms with Crippen LogP contribution in [0, 0.1) is 6.92 Å². The highest BCUT2D eigenvalue weighted by Crippen LogP contribution is 2.29. The molecule has 1 aliphatic rings. The van der Waals surface area contributed by atoms with E-state index in [0.29, 0.717) is 37.0 Å². The average molecular weight is 392 g/mol. The molecule has 3 aromatic rings. The lowest BCUT2D eigenvalue weighted by atomic mass is 10.1. The van der Waals surface area contributed by atoms with Gasteiger partial charge in [-0.3, -0.25) is 4.79 Å². The topological polar surface area (TPSA) is 71.7 Å². The van der Waals surface area contributed by atoms with Crippen LogP contribution in [0.2, 0.25) is 0 Å². The monoisotopic (exact) mass is 392 g/mol. The second kappa shape index (κ2) is 8.34. The summed E-state index contributed by atoms with van der Waals surface area (Å²) in [6.45, 7) is 7.28. The van der Waals surface area contributed by atoms with Gasteiger partial charge in [0.15, 0.2) is 5.82 Å². The number of nitrogens with zero attached hydrogens (tertiary/aromatic N) is 4. The molecule has 0 spiro atoms. The van der Waals surface area contributed by atoms with E-state index in [0.717, 1.165) is 30.1 Å². The van der Waals surface area contributed by atoms with E-state index in [2.05, 4.69) is 21.1 Å². The van der Waals surface area contributed by atoms with E-state index in [1.807, 2.05) is 54.3 Å². The number of hydrogen-bond acceptors (Lipinski definition) is 6. The fraction of sp³-hybridized carbons (Fsp3) is 0.318. The summed E-state index contributed by atoms with van der Waals surface area (Å²) < 4.78 is 10.9. The van der Waals surface area contributed by atoms with Crippen molar-refractivity contribution in [3.63, 3.8) is 0 Å². The van der Waals surface area contributed by atoms with E-state index in [1.54, 1.807) is 6.92 Å². The Hall–Kier alpha value is -3.35. The van der Waals surface area contributed by atoms with Crippen LogP contribution in [0.5, 0.6) is 5.75 Å². The number of anilines is 1. The molecule has 1 aliphatic heterocycles. The van der Waals surface area contributed by atoms with Gasteiger partial charge in [-0.05, 0) is 50.2 Å². The van der Waals surface area contributed by atoms with Gasteiger partial charge in [0.05, 0.1) is 12.3 Å². The molecule has 150 valence electrons. The van der Waals surface area contributed by atoms with Crippen molar-refractivity contribution in [2.45, 2.75) is 13.8 Å². The Labute approximate surface area is 169 Å². The molecule has 29 heavy (non-hydrogen) atoms. The van der Waals surface area contributed by atoms with Gasteiger partial charge in [-0.2, -0.15) is 4.98 Å². The Morgan fingerprint density at radius 2 is 1.79 bits per heavy atom. The average Bonchev–Trinajstić information content (AvgIpc) is 3.20. The molecule has 7 heteroatoms. The number of aryl methyl sites for hydroxylation is 1. The molecule has 0 unspecified atom stereocenters. The predicted octanol–water partition coefficient (Wildman–Crippen LogP) is 3.41. The summed E-state index contributed by atoms with van der Waals surface area (Å²) >= 11 is 0. The van der Waals surface area contributed by atoms with Gasteiger partial charge in [-0.15, -0.1) is 0 Å². The minimum absolute atomic E-state index is 0.0380. The number of amides is 1. The third kappa shape index (κ3) is 4.08. The SMILES string of the molecule is CCOc1ccccc1N1CCN(C(=O)c2ccc(-c3nc(C)no3)cc2)CC1. The van der Waals surface area contributed by atoms with Crippen LogP contribution in [-0.2, 0) is 0 Å². The van der Waals surface area contributed by atoms with Gasteiger partial charge in [-0.1, -0.05) is 17.3 Å². The molecule has 1 saturated heterocycles. The van der Waals surface area contributed by atoms with Crippen molar-refractivity contribution < 1.29 is 14.1 Å². The minimum atomic E-state index is 0.0380. The number of piperazine rings is 1. The first-order valence-electron chi connectivity index (χ1n) is 9.82. The van der Waals surface area contributed by atoms with E-state index in [-0.39, 0.29) is 5.91 Å². The van der Waals surface area contributed by atoms with Crippen molar-refractivity contribution in [2.24, 2.45) is 0 Å². The van der Waals surface area contributed by atoms with Gasteiger partial charge >= 0.3 is 0 Å². The van der Waals surface area contributed by atoms with Gasteiger partial charge in [0.1, 0.15) is 5.75 Å². The van der Waals surface area contributed by atoms with Crippen LogP contribution in [-0.4, -0.2) is 53.7 Å². The van der Waals surface area contributed by atoms with Crippen LogP contribution >= 0.6 is 0 Å². The van der Waals surface area contributed by atoms with Gasteiger partial charge in [0, 0.05) is 37.3 Å². The Balaban J connectivity index is 1.40. The maximum atomic E-state index is 12.9. The highest BCUT2D eigenvalue weighted by molar-refractivity contribution is 5.94. The molecule has 0 radical (unpaired) electrons. The minimum Gasteiger partial charge on any atom is -0.492 e. The molecule has 0 N–H and O–H groups in total. The molecule has 2 heterocycles. The fourth-order valence-electron chi connectivity index (χ4n) is 3.50. The lowest BCUT2D eigenvalue weighted by molar-refractivity contribution is 0.0746.